The van der Waals surface area contributed by atoms with E-state index in [1.165, 1.54) is 18.6 Å². The number of carbonyl (C=O) groups excluding carboxylic acids is 1. The number of halogens is 1. The number of ether oxygens (including phenoxy) is 1. The molecule has 0 spiro atoms. The van der Waals surface area contributed by atoms with Crippen molar-refractivity contribution in [2.45, 2.75) is 39.2 Å². The van der Waals surface area contributed by atoms with Crippen molar-refractivity contribution in [1.82, 2.24) is 20.2 Å². The van der Waals surface area contributed by atoms with Crippen molar-refractivity contribution in [2.24, 2.45) is 0 Å². The minimum atomic E-state index is -0.321. The molecule has 0 bridgehead atoms. The highest BCUT2D eigenvalue weighted by Gasteiger charge is 2.28. The van der Waals surface area contributed by atoms with Crippen molar-refractivity contribution in [1.29, 1.82) is 0 Å². The molecule has 2 aliphatic rings. The van der Waals surface area contributed by atoms with Gasteiger partial charge in [-0.15, -0.1) is 0 Å². The Balaban J connectivity index is 1.67. The summed E-state index contributed by atoms with van der Waals surface area (Å²) >= 11 is 0. The predicted octanol–water partition coefficient (Wildman–Crippen LogP) is 3.49. The van der Waals surface area contributed by atoms with Gasteiger partial charge in [0.25, 0.3) is 0 Å². The lowest BCUT2D eigenvalue weighted by Crippen LogP contribution is -2.43. The predicted molar refractivity (Wildman–Crippen MR) is 108 cm³/mol. The molecule has 3 heterocycles. The number of benzene rings is 1. The quantitative estimate of drug-likeness (QED) is 0.852. The number of aromatic nitrogens is 2. The molecule has 0 aliphatic carbocycles. The van der Waals surface area contributed by atoms with E-state index in [4.69, 9.17) is 14.7 Å². The Labute approximate surface area is 169 Å². The lowest BCUT2D eigenvalue weighted by atomic mass is 10.1. The standard InChI is InChI=1S/C21H26FN5O2/c1-2-23-21(28)27-13-10-18-17(14-27)19(29-16-8-6-15(22)7-9-16)25-20(24-18)26-11-4-3-5-12-26/h6-9H,2-5,10-14H2,1H3,(H,23,28). The maximum atomic E-state index is 13.3. The summed E-state index contributed by atoms with van der Waals surface area (Å²) < 4.78 is 19.3. The number of rotatable bonds is 4. The Bertz CT molecular complexity index is 868. The van der Waals surface area contributed by atoms with Gasteiger partial charge in [-0.2, -0.15) is 4.98 Å². The molecule has 0 unspecified atom stereocenters. The zero-order valence-corrected chi connectivity index (χ0v) is 16.7. The number of piperidine rings is 1. The van der Waals surface area contributed by atoms with Crippen LogP contribution in [0.2, 0.25) is 0 Å². The van der Waals surface area contributed by atoms with Gasteiger partial charge < -0.3 is 19.9 Å². The summed E-state index contributed by atoms with van der Waals surface area (Å²) in [6.45, 7) is 5.32. The average Bonchev–Trinajstić information content (AvgIpc) is 2.75. The first kappa shape index (κ1) is 19.4. The van der Waals surface area contributed by atoms with Crippen molar-refractivity contribution in [3.63, 3.8) is 0 Å². The zero-order valence-electron chi connectivity index (χ0n) is 16.7. The molecule has 0 radical (unpaired) electrons. The average molecular weight is 399 g/mol. The second kappa shape index (κ2) is 8.63. The Hall–Kier alpha value is -2.90. The second-order valence-corrected chi connectivity index (χ2v) is 7.36. The van der Waals surface area contributed by atoms with Crippen LogP contribution in [0.5, 0.6) is 11.6 Å². The van der Waals surface area contributed by atoms with Crippen LogP contribution in [-0.4, -0.2) is 47.1 Å². The number of fused-ring (bicyclic) bond motifs is 1. The van der Waals surface area contributed by atoms with Gasteiger partial charge in [0.2, 0.25) is 11.8 Å². The fourth-order valence-corrected chi connectivity index (χ4v) is 3.74. The normalized spacial score (nSPS) is 16.3. The highest BCUT2D eigenvalue weighted by Crippen LogP contribution is 2.32. The molecule has 2 aliphatic heterocycles. The first-order valence-electron chi connectivity index (χ1n) is 10.2. The molecule has 1 fully saturated rings. The van der Waals surface area contributed by atoms with Gasteiger partial charge in [-0.1, -0.05) is 0 Å². The fourth-order valence-electron chi connectivity index (χ4n) is 3.74. The Morgan fingerprint density at radius 3 is 2.62 bits per heavy atom. The van der Waals surface area contributed by atoms with Crippen LogP contribution in [0, 0.1) is 5.82 Å². The molecule has 8 heteroatoms. The van der Waals surface area contributed by atoms with Crippen LogP contribution >= 0.6 is 0 Å². The Morgan fingerprint density at radius 2 is 1.90 bits per heavy atom. The van der Waals surface area contributed by atoms with Gasteiger partial charge in [0, 0.05) is 32.6 Å². The minimum absolute atomic E-state index is 0.106. The summed E-state index contributed by atoms with van der Waals surface area (Å²) in [5, 5.41) is 2.84. The summed E-state index contributed by atoms with van der Waals surface area (Å²) in [5.74, 6) is 1.30. The summed E-state index contributed by atoms with van der Waals surface area (Å²) in [4.78, 5) is 25.8. The van der Waals surface area contributed by atoms with Gasteiger partial charge >= 0.3 is 6.03 Å². The summed E-state index contributed by atoms with van der Waals surface area (Å²) in [6.07, 6.45) is 4.12. The molecular weight excluding hydrogens is 373 g/mol. The summed E-state index contributed by atoms with van der Waals surface area (Å²) in [7, 11) is 0. The highest BCUT2D eigenvalue weighted by atomic mass is 19.1. The van der Waals surface area contributed by atoms with Crippen molar-refractivity contribution in [3.8, 4) is 11.6 Å². The zero-order chi connectivity index (χ0) is 20.2. The van der Waals surface area contributed by atoms with Gasteiger partial charge in [0.15, 0.2) is 0 Å². The smallest absolute Gasteiger partial charge is 0.317 e. The summed E-state index contributed by atoms with van der Waals surface area (Å²) in [6, 6.07) is 5.76. The van der Waals surface area contributed by atoms with Crippen LogP contribution in [0.3, 0.4) is 0 Å². The Morgan fingerprint density at radius 1 is 1.14 bits per heavy atom. The van der Waals surface area contributed by atoms with Crippen molar-refractivity contribution >= 4 is 12.0 Å². The molecule has 1 aromatic carbocycles. The highest BCUT2D eigenvalue weighted by molar-refractivity contribution is 5.74. The van der Waals surface area contributed by atoms with Crippen LogP contribution < -0.4 is 15.0 Å². The lowest BCUT2D eigenvalue weighted by molar-refractivity contribution is 0.191. The number of urea groups is 1. The molecule has 7 nitrogen and oxygen atoms in total. The molecule has 154 valence electrons. The fraction of sp³-hybridized carbons (Fsp3) is 0.476. The SMILES string of the molecule is CCNC(=O)N1CCc2nc(N3CCCCC3)nc(Oc3ccc(F)cc3)c2C1. The third-order valence-corrected chi connectivity index (χ3v) is 5.29. The largest absolute Gasteiger partial charge is 0.438 e. The first-order valence-corrected chi connectivity index (χ1v) is 10.2. The van der Waals surface area contributed by atoms with Crippen LogP contribution in [0.4, 0.5) is 15.1 Å². The van der Waals surface area contributed by atoms with E-state index in [-0.39, 0.29) is 11.8 Å². The maximum absolute atomic E-state index is 13.3. The van der Waals surface area contributed by atoms with Crippen LogP contribution in [0.25, 0.3) is 0 Å². The van der Waals surface area contributed by atoms with Crippen molar-refractivity contribution in [2.75, 3.05) is 31.1 Å². The monoisotopic (exact) mass is 399 g/mol. The first-order chi connectivity index (χ1) is 14.1. The molecule has 1 N–H and O–H groups in total. The molecule has 2 amide bonds. The van der Waals surface area contributed by atoms with Crippen LogP contribution in [0.1, 0.15) is 37.4 Å². The third kappa shape index (κ3) is 4.41. The number of amides is 2. The number of nitrogens with zero attached hydrogens (tertiary/aromatic N) is 4. The van der Waals surface area contributed by atoms with Gasteiger partial charge in [0.05, 0.1) is 17.8 Å². The Kier molecular flexibility index (Phi) is 5.78. The number of nitrogens with one attached hydrogen (secondary N) is 1. The van der Waals surface area contributed by atoms with Crippen LogP contribution in [-0.2, 0) is 13.0 Å². The minimum Gasteiger partial charge on any atom is -0.438 e. The molecule has 1 aromatic heterocycles. The third-order valence-electron chi connectivity index (χ3n) is 5.29. The molecule has 4 rings (SSSR count). The summed E-state index contributed by atoms with van der Waals surface area (Å²) in [5.41, 5.74) is 1.73. The molecule has 0 saturated carbocycles. The number of hydrogen-bond acceptors (Lipinski definition) is 5. The van der Waals surface area contributed by atoms with Gasteiger partial charge in [-0.05, 0) is 50.5 Å². The van der Waals surface area contributed by atoms with E-state index >= 15 is 0 Å². The van der Waals surface area contributed by atoms with E-state index < -0.39 is 0 Å². The maximum Gasteiger partial charge on any atom is 0.317 e. The van der Waals surface area contributed by atoms with Gasteiger partial charge in [0.1, 0.15) is 11.6 Å². The molecule has 0 atom stereocenters. The molecule has 2 aromatic rings. The lowest BCUT2D eigenvalue weighted by Gasteiger charge is -2.31. The van der Waals surface area contributed by atoms with E-state index in [1.54, 1.807) is 17.0 Å². The number of hydrogen-bond donors (Lipinski definition) is 1. The van der Waals surface area contributed by atoms with Crippen LogP contribution in [0.15, 0.2) is 24.3 Å². The van der Waals surface area contributed by atoms with Crippen molar-refractivity contribution < 1.29 is 13.9 Å². The van der Waals surface area contributed by atoms with E-state index in [1.807, 2.05) is 6.92 Å². The number of carbonyl (C=O) groups is 1. The number of anilines is 1. The van der Waals surface area contributed by atoms with Gasteiger partial charge in [-0.25, -0.2) is 14.2 Å². The molecule has 1 saturated heterocycles. The van der Waals surface area contributed by atoms with E-state index in [9.17, 15) is 9.18 Å². The molecule has 29 heavy (non-hydrogen) atoms. The second-order valence-electron chi connectivity index (χ2n) is 7.36. The van der Waals surface area contributed by atoms with E-state index in [0.717, 1.165) is 37.2 Å². The van der Waals surface area contributed by atoms with Crippen molar-refractivity contribution in [3.05, 3.63) is 41.3 Å². The topological polar surface area (TPSA) is 70.6 Å². The molecular formula is C21H26FN5O2. The van der Waals surface area contributed by atoms with E-state index in [2.05, 4.69) is 10.2 Å². The van der Waals surface area contributed by atoms with Gasteiger partial charge in [-0.3, -0.25) is 0 Å². The van der Waals surface area contributed by atoms with E-state index in [0.29, 0.717) is 43.6 Å².